The van der Waals surface area contributed by atoms with E-state index in [1.807, 2.05) is 67.6 Å². The number of urea groups is 1. The van der Waals surface area contributed by atoms with Crippen molar-refractivity contribution < 1.29 is 19.2 Å². The Morgan fingerprint density at radius 2 is 1.45 bits per heavy atom. The number of para-hydroxylation sites is 1. The lowest BCUT2D eigenvalue weighted by molar-refractivity contribution is -0.384. The summed E-state index contributed by atoms with van der Waals surface area (Å²) < 4.78 is 5.86. The predicted molar refractivity (Wildman–Crippen MR) is 155 cm³/mol. The highest BCUT2D eigenvalue weighted by molar-refractivity contribution is 6.01. The van der Waals surface area contributed by atoms with Crippen LogP contribution < -0.4 is 20.3 Å². The van der Waals surface area contributed by atoms with Crippen molar-refractivity contribution in [1.82, 2.24) is 5.32 Å². The fourth-order valence-corrected chi connectivity index (χ4v) is 4.20. The molecular formula is C31H30N4O5. The largest absolute Gasteiger partial charge is 0.457 e. The third-order valence-electron chi connectivity index (χ3n) is 6.26. The highest BCUT2D eigenvalue weighted by Gasteiger charge is 2.20. The molecule has 0 heterocycles. The molecule has 40 heavy (non-hydrogen) atoms. The summed E-state index contributed by atoms with van der Waals surface area (Å²) in [5.41, 5.74) is 1.85. The molecule has 0 aromatic heterocycles. The summed E-state index contributed by atoms with van der Waals surface area (Å²) in [4.78, 5) is 38.3. The highest BCUT2D eigenvalue weighted by Crippen LogP contribution is 2.25. The number of nitro groups is 1. The number of non-ortho nitro benzene ring substituents is 1. The summed E-state index contributed by atoms with van der Waals surface area (Å²) in [5.74, 6) is 0.885. The van der Waals surface area contributed by atoms with E-state index in [4.69, 9.17) is 4.74 Å². The maximum absolute atomic E-state index is 13.3. The molecule has 0 radical (unpaired) electrons. The van der Waals surface area contributed by atoms with Gasteiger partial charge >= 0.3 is 6.03 Å². The van der Waals surface area contributed by atoms with Crippen molar-refractivity contribution in [2.24, 2.45) is 0 Å². The number of hydrogen-bond acceptors (Lipinski definition) is 5. The number of nitrogens with zero attached hydrogens (tertiary/aromatic N) is 2. The maximum atomic E-state index is 13.3. The Bertz CT molecular complexity index is 1410. The second-order valence-electron chi connectivity index (χ2n) is 8.96. The zero-order chi connectivity index (χ0) is 28.3. The molecule has 204 valence electrons. The minimum absolute atomic E-state index is 0.0736. The molecule has 1 atom stereocenters. The molecule has 9 nitrogen and oxygen atoms in total. The van der Waals surface area contributed by atoms with Gasteiger partial charge in [0.15, 0.2) is 0 Å². The first-order valence-corrected chi connectivity index (χ1v) is 12.9. The summed E-state index contributed by atoms with van der Waals surface area (Å²) in [6.45, 7) is 2.37. The molecule has 0 saturated heterocycles. The van der Waals surface area contributed by atoms with Crippen LogP contribution in [0, 0.1) is 10.1 Å². The van der Waals surface area contributed by atoms with Crippen molar-refractivity contribution in [3.63, 3.8) is 0 Å². The van der Waals surface area contributed by atoms with E-state index in [0.29, 0.717) is 29.3 Å². The van der Waals surface area contributed by atoms with Gasteiger partial charge in [0.2, 0.25) is 5.91 Å². The van der Waals surface area contributed by atoms with Crippen LogP contribution in [0.2, 0.25) is 0 Å². The van der Waals surface area contributed by atoms with Crippen LogP contribution in [0.4, 0.5) is 21.9 Å². The van der Waals surface area contributed by atoms with Crippen molar-refractivity contribution in [1.29, 1.82) is 0 Å². The van der Waals surface area contributed by atoms with E-state index in [0.717, 1.165) is 5.56 Å². The third-order valence-corrected chi connectivity index (χ3v) is 6.26. The van der Waals surface area contributed by atoms with Crippen LogP contribution in [0.1, 0.15) is 24.8 Å². The topological polar surface area (TPSA) is 114 Å². The van der Waals surface area contributed by atoms with Crippen molar-refractivity contribution >= 4 is 29.0 Å². The zero-order valence-electron chi connectivity index (χ0n) is 22.0. The molecule has 2 N–H and O–H groups in total. The van der Waals surface area contributed by atoms with Crippen molar-refractivity contribution in [2.75, 3.05) is 23.3 Å². The van der Waals surface area contributed by atoms with Crippen molar-refractivity contribution in [3.8, 4) is 11.5 Å². The van der Waals surface area contributed by atoms with E-state index in [-0.39, 0.29) is 30.6 Å². The van der Waals surface area contributed by atoms with Gasteiger partial charge < -0.3 is 15.4 Å². The second-order valence-corrected chi connectivity index (χ2v) is 8.96. The molecule has 0 aliphatic carbocycles. The first-order chi connectivity index (χ1) is 19.4. The average Bonchev–Trinajstić information content (AvgIpc) is 2.97. The van der Waals surface area contributed by atoms with Crippen LogP contribution in [0.5, 0.6) is 11.5 Å². The lowest BCUT2D eigenvalue weighted by atomic mass is 9.96. The number of hydrogen-bond donors (Lipinski definition) is 2. The lowest BCUT2D eigenvalue weighted by Crippen LogP contribution is -2.42. The van der Waals surface area contributed by atoms with Gasteiger partial charge in [-0.3, -0.25) is 19.8 Å². The number of benzene rings is 4. The molecule has 0 bridgehead atoms. The van der Waals surface area contributed by atoms with E-state index < -0.39 is 11.0 Å². The van der Waals surface area contributed by atoms with Crippen LogP contribution >= 0.6 is 0 Å². The zero-order valence-corrected chi connectivity index (χ0v) is 22.0. The molecule has 9 heteroatoms. The molecule has 4 aromatic rings. The van der Waals surface area contributed by atoms with Crippen molar-refractivity contribution in [3.05, 3.63) is 125 Å². The Morgan fingerprint density at radius 1 is 0.850 bits per heavy atom. The standard InChI is InChI=1S/C31H30N4O5/c1-2-29(23-9-5-3-6-10-23)30(36)32-21-22-34(31(37)33-24-13-15-26(16-14-24)35(38)39)25-17-19-28(20-18-25)40-27-11-7-4-8-12-27/h3-20,29H,2,21-22H2,1H3,(H,32,36)(H,33,37). The predicted octanol–water partition coefficient (Wildman–Crippen LogP) is 6.74. The summed E-state index contributed by atoms with van der Waals surface area (Å²) in [7, 11) is 0. The Balaban J connectivity index is 1.47. The van der Waals surface area contributed by atoms with Gasteiger partial charge in [-0.15, -0.1) is 0 Å². The van der Waals surface area contributed by atoms with Gasteiger partial charge in [0.05, 0.1) is 10.8 Å². The minimum atomic E-state index is -0.501. The van der Waals surface area contributed by atoms with Gasteiger partial charge in [-0.2, -0.15) is 0 Å². The normalized spacial score (nSPS) is 11.2. The van der Waals surface area contributed by atoms with E-state index in [2.05, 4.69) is 10.6 Å². The summed E-state index contributed by atoms with van der Waals surface area (Å²) in [6.07, 6.45) is 0.642. The average molecular weight is 539 g/mol. The van der Waals surface area contributed by atoms with Crippen LogP contribution in [0.15, 0.2) is 109 Å². The third kappa shape index (κ3) is 7.44. The Hall–Kier alpha value is -5.18. The minimum Gasteiger partial charge on any atom is -0.457 e. The first-order valence-electron chi connectivity index (χ1n) is 12.9. The smallest absolute Gasteiger partial charge is 0.326 e. The number of carbonyl (C=O) groups is 2. The van der Waals surface area contributed by atoms with Gasteiger partial charge in [0, 0.05) is 36.6 Å². The Kier molecular flexibility index (Phi) is 9.44. The van der Waals surface area contributed by atoms with Gasteiger partial charge in [-0.1, -0.05) is 55.5 Å². The quantitative estimate of drug-likeness (QED) is 0.162. The first kappa shape index (κ1) is 27.8. The molecule has 0 saturated carbocycles. The molecule has 0 fully saturated rings. The fraction of sp³-hybridized carbons (Fsp3) is 0.161. The number of nitrogens with one attached hydrogen (secondary N) is 2. The molecule has 0 aliphatic rings. The molecule has 0 aliphatic heterocycles. The summed E-state index contributed by atoms with van der Waals surface area (Å²) in [6, 6.07) is 31.1. The van der Waals surface area contributed by atoms with Gasteiger partial charge in [0.1, 0.15) is 11.5 Å². The SMILES string of the molecule is CCC(C(=O)NCCN(C(=O)Nc1ccc([N+](=O)[O-])cc1)c1ccc(Oc2ccccc2)cc1)c1ccccc1. The van der Waals surface area contributed by atoms with E-state index in [1.165, 1.54) is 29.2 Å². The Labute approximate surface area is 232 Å². The number of anilines is 2. The molecule has 4 aromatic carbocycles. The molecular weight excluding hydrogens is 508 g/mol. The maximum Gasteiger partial charge on any atom is 0.326 e. The van der Waals surface area contributed by atoms with Crippen LogP contribution in [-0.2, 0) is 4.79 Å². The lowest BCUT2D eigenvalue weighted by Gasteiger charge is -2.24. The van der Waals surface area contributed by atoms with E-state index >= 15 is 0 Å². The van der Waals surface area contributed by atoms with Crippen LogP contribution in [0.25, 0.3) is 0 Å². The number of amides is 3. The number of rotatable bonds is 11. The summed E-state index contributed by atoms with van der Waals surface area (Å²) >= 11 is 0. The second kappa shape index (κ2) is 13.6. The number of nitro benzene ring substituents is 1. The summed E-state index contributed by atoms with van der Waals surface area (Å²) in [5, 5.41) is 16.7. The molecule has 1 unspecified atom stereocenters. The van der Waals surface area contributed by atoms with Gasteiger partial charge in [-0.25, -0.2) is 4.79 Å². The highest BCUT2D eigenvalue weighted by atomic mass is 16.6. The molecule has 3 amide bonds. The Morgan fingerprint density at radius 3 is 2.05 bits per heavy atom. The van der Waals surface area contributed by atoms with Crippen LogP contribution in [-0.4, -0.2) is 30.0 Å². The number of carbonyl (C=O) groups excluding carboxylic acids is 2. The molecule has 4 rings (SSSR count). The van der Waals surface area contributed by atoms with E-state index in [1.54, 1.807) is 24.3 Å². The molecule has 0 spiro atoms. The van der Waals surface area contributed by atoms with Gasteiger partial charge in [-0.05, 0) is 60.5 Å². The van der Waals surface area contributed by atoms with Gasteiger partial charge in [0.25, 0.3) is 5.69 Å². The monoisotopic (exact) mass is 538 g/mol. The number of ether oxygens (including phenoxy) is 1. The fourth-order valence-electron chi connectivity index (χ4n) is 4.20. The van der Waals surface area contributed by atoms with Crippen molar-refractivity contribution in [2.45, 2.75) is 19.3 Å². The van der Waals surface area contributed by atoms with E-state index in [9.17, 15) is 19.7 Å². The van der Waals surface area contributed by atoms with Crippen LogP contribution in [0.3, 0.4) is 0 Å².